The maximum Gasteiger partial charge on any atom is 0.272 e. The van der Waals surface area contributed by atoms with Crippen LogP contribution in [-0.2, 0) is 0 Å². The molecular formula is C8H12F8N2. The predicted octanol–water partition coefficient (Wildman–Crippen LogP) is 1.53. The van der Waals surface area contributed by atoms with E-state index in [0.717, 1.165) is 0 Å². The maximum atomic E-state index is 13.2. The molecule has 0 saturated heterocycles. The molecule has 2 nitrogen and oxygen atoms in total. The van der Waals surface area contributed by atoms with E-state index in [9.17, 15) is 35.1 Å². The van der Waals surface area contributed by atoms with Gasteiger partial charge in [0.05, 0.1) is 0 Å². The molecule has 0 aliphatic carbocycles. The molecule has 5 unspecified atom stereocenters. The highest BCUT2D eigenvalue weighted by atomic mass is 19.3. The second-order valence-electron chi connectivity index (χ2n) is 3.70. The summed E-state index contributed by atoms with van der Waals surface area (Å²) in [6, 6.07) is 0. The van der Waals surface area contributed by atoms with Gasteiger partial charge in [-0.05, 0) is 0 Å². The zero-order chi connectivity index (χ0) is 14.7. The Morgan fingerprint density at radius 3 is 1.56 bits per heavy atom. The summed E-state index contributed by atoms with van der Waals surface area (Å²) in [5.74, 6) is 0. The van der Waals surface area contributed by atoms with E-state index in [1.807, 2.05) is 0 Å². The minimum Gasteiger partial charge on any atom is -0.308 e. The van der Waals surface area contributed by atoms with Crippen LogP contribution in [0.25, 0.3) is 0 Å². The molecule has 0 aromatic heterocycles. The molecule has 5 atom stereocenters. The first-order chi connectivity index (χ1) is 8.07. The minimum atomic E-state index is -3.84. The van der Waals surface area contributed by atoms with Crippen molar-refractivity contribution in [1.29, 1.82) is 0 Å². The maximum absolute atomic E-state index is 13.2. The Bertz CT molecular complexity index is 251. The van der Waals surface area contributed by atoms with Gasteiger partial charge in [0, 0.05) is 0 Å². The third kappa shape index (κ3) is 3.67. The van der Waals surface area contributed by atoms with E-state index >= 15 is 0 Å². The fourth-order valence-corrected chi connectivity index (χ4v) is 1.09. The molecule has 18 heavy (non-hydrogen) atoms. The number of rotatable bonds is 7. The van der Waals surface area contributed by atoms with Crippen LogP contribution in [0, 0.1) is 0 Å². The van der Waals surface area contributed by atoms with E-state index in [1.165, 1.54) is 0 Å². The Kier molecular flexibility index (Phi) is 6.27. The highest BCUT2D eigenvalue weighted by Crippen LogP contribution is 2.27. The van der Waals surface area contributed by atoms with E-state index in [4.69, 9.17) is 0 Å². The molecular weight excluding hydrogens is 276 g/mol. The Balaban J connectivity index is 4.86. The van der Waals surface area contributed by atoms with E-state index in [0.29, 0.717) is 0 Å². The van der Waals surface area contributed by atoms with Crippen molar-refractivity contribution in [3.8, 4) is 0 Å². The second-order valence-corrected chi connectivity index (χ2v) is 3.70. The standard InChI is InChI=1S/C8H12F8N2/c9-1-2(10)3(11)4(12)5(13)8(17,18)6(14)7(15)16/h2-7H,1,17-18H2. The Labute approximate surface area is 97.3 Å². The first-order valence-corrected chi connectivity index (χ1v) is 4.69. The van der Waals surface area contributed by atoms with Crippen LogP contribution in [0.2, 0.25) is 0 Å². The smallest absolute Gasteiger partial charge is 0.272 e. The topological polar surface area (TPSA) is 52.0 Å². The van der Waals surface area contributed by atoms with Crippen LogP contribution in [0.1, 0.15) is 0 Å². The van der Waals surface area contributed by atoms with Gasteiger partial charge in [0.25, 0.3) is 6.43 Å². The number of nitrogens with two attached hydrogens (primary N) is 2. The van der Waals surface area contributed by atoms with Crippen molar-refractivity contribution in [2.24, 2.45) is 11.5 Å². The van der Waals surface area contributed by atoms with Crippen molar-refractivity contribution >= 4 is 0 Å². The minimum absolute atomic E-state index is 1.97. The summed E-state index contributed by atoms with van der Waals surface area (Å²) < 4.78 is 99.7. The van der Waals surface area contributed by atoms with Crippen molar-refractivity contribution in [3.63, 3.8) is 0 Å². The quantitative estimate of drug-likeness (QED) is 0.551. The zero-order valence-corrected chi connectivity index (χ0v) is 8.85. The van der Waals surface area contributed by atoms with Gasteiger partial charge < -0.3 is 11.5 Å². The molecule has 10 heteroatoms. The molecule has 0 aromatic rings. The molecule has 0 fully saturated rings. The lowest BCUT2D eigenvalue weighted by molar-refractivity contribution is -0.0610. The molecule has 4 N–H and O–H groups in total. The molecule has 0 rings (SSSR count). The summed E-state index contributed by atoms with van der Waals surface area (Å²) in [6.45, 7) is -1.97. The lowest BCUT2D eigenvalue weighted by atomic mass is 9.93. The fourth-order valence-electron chi connectivity index (χ4n) is 1.09. The van der Waals surface area contributed by atoms with Crippen LogP contribution < -0.4 is 11.5 Å². The van der Waals surface area contributed by atoms with Gasteiger partial charge in [-0.3, -0.25) is 0 Å². The van der Waals surface area contributed by atoms with Gasteiger partial charge in [-0.15, -0.1) is 0 Å². The van der Waals surface area contributed by atoms with Crippen molar-refractivity contribution in [2.75, 3.05) is 6.67 Å². The lowest BCUT2D eigenvalue weighted by Crippen LogP contribution is -2.69. The monoisotopic (exact) mass is 288 g/mol. The van der Waals surface area contributed by atoms with E-state index < -0.39 is 49.6 Å². The normalized spacial score (nSPS) is 21.5. The average Bonchev–Trinajstić information content (AvgIpc) is 2.33. The van der Waals surface area contributed by atoms with Gasteiger partial charge in [-0.25, -0.2) is 35.1 Å². The van der Waals surface area contributed by atoms with Crippen molar-refractivity contribution in [1.82, 2.24) is 0 Å². The van der Waals surface area contributed by atoms with Gasteiger partial charge in [-0.2, -0.15) is 0 Å². The molecule has 0 aromatic carbocycles. The van der Waals surface area contributed by atoms with Gasteiger partial charge >= 0.3 is 0 Å². The highest BCUT2D eigenvalue weighted by Gasteiger charge is 2.51. The summed E-state index contributed by atoms with van der Waals surface area (Å²) >= 11 is 0. The van der Waals surface area contributed by atoms with Crippen molar-refractivity contribution in [3.05, 3.63) is 0 Å². The third-order valence-corrected chi connectivity index (χ3v) is 2.25. The zero-order valence-electron chi connectivity index (χ0n) is 8.85. The van der Waals surface area contributed by atoms with Crippen molar-refractivity contribution < 1.29 is 35.1 Å². The van der Waals surface area contributed by atoms with Crippen LogP contribution in [0.4, 0.5) is 35.1 Å². The Morgan fingerprint density at radius 1 is 0.778 bits per heavy atom. The molecule has 0 aliphatic heterocycles. The van der Waals surface area contributed by atoms with Gasteiger partial charge in [0.15, 0.2) is 30.9 Å². The summed E-state index contributed by atoms with van der Waals surface area (Å²) in [5.41, 5.74) is 5.66. The molecule has 0 radical (unpaired) electrons. The van der Waals surface area contributed by atoms with Crippen molar-refractivity contribution in [2.45, 2.75) is 42.9 Å². The van der Waals surface area contributed by atoms with Crippen LogP contribution in [0.5, 0.6) is 0 Å². The summed E-state index contributed by atoms with van der Waals surface area (Å²) in [4.78, 5) is 0. The van der Waals surface area contributed by atoms with Gasteiger partial charge in [0.1, 0.15) is 12.3 Å². The SMILES string of the molecule is NC(N)(C(F)C(F)F)C(F)C(F)C(F)C(F)CF. The van der Waals surface area contributed by atoms with E-state index in [2.05, 4.69) is 11.5 Å². The van der Waals surface area contributed by atoms with Gasteiger partial charge in [0.2, 0.25) is 0 Å². The molecule has 0 saturated carbocycles. The lowest BCUT2D eigenvalue weighted by Gasteiger charge is -2.33. The molecule has 0 aliphatic rings. The first-order valence-electron chi connectivity index (χ1n) is 4.69. The molecule has 0 amide bonds. The largest absolute Gasteiger partial charge is 0.308 e. The number of hydrogen-bond acceptors (Lipinski definition) is 2. The highest BCUT2D eigenvalue weighted by molar-refractivity contribution is 5.00. The molecule has 0 spiro atoms. The second kappa shape index (κ2) is 6.50. The summed E-state index contributed by atoms with van der Waals surface area (Å²) in [6.07, 6.45) is -20.6. The van der Waals surface area contributed by atoms with Crippen LogP contribution in [-0.4, -0.2) is 49.6 Å². The molecule has 110 valence electrons. The first kappa shape index (κ1) is 17.4. The van der Waals surface area contributed by atoms with E-state index in [-0.39, 0.29) is 0 Å². The number of hydrogen-bond donors (Lipinski definition) is 2. The van der Waals surface area contributed by atoms with E-state index in [1.54, 1.807) is 0 Å². The number of halogens is 8. The number of alkyl halides is 8. The summed E-state index contributed by atoms with van der Waals surface area (Å²) in [5, 5.41) is 0. The third-order valence-electron chi connectivity index (χ3n) is 2.25. The molecule has 0 bridgehead atoms. The average molecular weight is 288 g/mol. The van der Waals surface area contributed by atoms with Gasteiger partial charge in [-0.1, -0.05) is 0 Å². The Hall–Kier alpha value is -0.640. The van der Waals surface area contributed by atoms with Crippen LogP contribution in [0.15, 0.2) is 0 Å². The fraction of sp³-hybridized carbons (Fsp3) is 1.00. The van der Waals surface area contributed by atoms with Crippen LogP contribution in [0.3, 0.4) is 0 Å². The summed E-state index contributed by atoms with van der Waals surface area (Å²) in [7, 11) is 0. The Morgan fingerprint density at radius 2 is 1.22 bits per heavy atom. The van der Waals surface area contributed by atoms with Crippen LogP contribution >= 0.6 is 0 Å². The predicted molar refractivity (Wildman–Crippen MR) is 47.6 cm³/mol. The molecule has 0 heterocycles.